The number of halogens is 1. The molecule has 6 rings (SSSR count). The van der Waals surface area contributed by atoms with Gasteiger partial charge in [-0.15, -0.1) is 0 Å². The smallest absolute Gasteiger partial charge is 0.225 e. The summed E-state index contributed by atoms with van der Waals surface area (Å²) in [7, 11) is 5.92. The third kappa shape index (κ3) is 4.48. The topological polar surface area (TPSA) is 83.5 Å². The number of aromatic nitrogens is 7. The quantitative estimate of drug-likeness (QED) is 0.334. The molecule has 0 N–H and O–H groups in total. The highest BCUT2D eigenvalue weighted by atomic mass is 19.1. The first-order chi connectivity index (χ1) is 18.8. The average molecular weight is 527 g/mol. The summed E-state index contributed by atoms with van der Waals surface area (Å²) in [6.07, 6.45) is 11.2. The molecule has 10 nitrogen and oxygen atoms in total. The number of fused-ring (bicyclic) bond motifs is 1. The first kappa shape index (κ1) is 24.9. The predicted octanol–water partition coefficient (Wildman–Crippen LogP) is 3.21. The zero-order chi connectivity index (χ0) is 27.1. The maximum Gasteiger partial charge on any atom is 0.225 e. The van der Waals surface area contributed by atoms with Gasteiger partial charge >= 0.3 is 0 Å². The minimum absolute atomic E-state index is 0.251. The Morgan fingerprint density at radius 1 is 0.821 bits per heavy atom. The van der Waals surface area contributed by atoms with Gasteiger partial charge in [0.25, 0.3) is 0 Å². The lowest BCUT2D eigenvalue weighted by atomic mass is 9.85. The molecule has 1 fully saturated rings. The van der Waals surface area contributed by atoms with Crippen LogP contribution in [0.3, 0.4) is 0 Å². The fraction of sp³-hybridized carbons (Fsp3) is 0.321. The SMILES string of the molecule is CN(C)[C@@](C)(c1ccc(F)cc1)c1cnc(N2CCN(c3ncnn4cc(-c5cnn(C)c5)cc34)CC2)nc1. The van der Waals surface area contributed by atoms with E-state index in [1.807, 2.05) is 68.8 Å². The number of benzene rings is 1. The largest absolute Gasteiger partial charge is 0.351 e. The maximum atomic E-state index is 13.6. The van der Waals surface area contributed by atoms with Gasteiger partial charge in [0.15, 0.2) is 5.82 Å². The van der Waals surface area contributed by atoms with Crippen molar-refractivity contribution in [2.45, 2.75) is 12.5 Å². The van der Waals surface area contributed by atoms with Gasteiger partial charge in [-0.1, -0.05) is 12.1 Å². The van der Waals surface area contributed by atoms with Crippen molar-refractivity contribution in [3.63, 3.8) is 0 Å². The number of anilines is 2. The zero-order valence-corrected chi connectivity index (χ0v) is 22.5. The molecule has 0 spiro atoms. The molecule has 11 heteroatoms. The summed E-state index contributed by atoms with van der Waals surface area (Å²) in [5, 5.41) is 8.70. The second-order valence-corrected chi connectivity index (χ2v) is 10.3. The summed E-state index contributed by atoms with van der Waals surface area (Å²) >= 11 is 0. The van der Waals surface area contributed by atoms with E-state index in [-0.39, 0.29) is 5.82 Å². The van der Waals surface area contributed by atoms with Gasteiger partial charge in [0, 0.05) is 74.7 Å². The molecule has 1 aromatic carbocycles. The van der Waals surface area contributed by atoms with Crippen molar-refractivity contribution in [1.82, 2.24) is 39.2 Å². The maximum absolute atomic E-state index is 13.6. The molecule has 0 amide bonds. The van der Waals surface area contributed by atoms with Gasteiger partial charge < -0.3 is 9.80 Å². The highest BCUT2D eigenvalue weighted by Gasteiger charge is 2.33. The first-order valence-electron chi connectivity index (χ1n) is 12.9. The lowest BCUT2D eigenvalue weighted by Gasteiger charge is -2.38. The zero-order valence-electron chi connectivity index (χ0n) is 22.5. The third-order valence-corrected chi connectivity index (χ3v) is 7.79. The average Bonchev–Trinajstić information content (AvgIpc) is 3.59. The van der Waals surface area contributed by atoms with Gasteiger partial charge in [0.05, 0.1) is 11.7 Å². The molecule has 0 unspecified atom stereocenters. The number of nitrogens with zero attached hydrogens (tertiary/aromatic N) is 10. The van der Waals surface area contributed by atoms with Crippen LogP contribution in [0.4, 0.5) is 16.2 Å². The Morgan fingerprint density at radius 2 is 1.51 bits per heavy atom. The Morgan fingerprint density at radius 3 is 2.15 bits per heavy atom. The molecular weight excluding hydrogens is 495 g/mol. The molecule has 1 aliphatic heterocycles. The van der Waals surface area contributed by atoms with Crippen molar-refractivity contribution in [2.24, 2.45) is 7.05 Å². The number of aryl methyl sites for hydroxylation is 1. The minimum Gasteiger partial charge on any atom is -0.351 e. The normalized spacial score (nSPS) is 15.7. The summed E-state index contributed by atoms with van der Waals surface area (Å²) in [5.41, 5.74) is 4.50. The van der Waals surface area contributed by atoms with E-state index in [1.165, 1.54) is 12.1 Å². The van der Waals surface area contributed by atoms with E-state index >= 15 is 0 Å². The molecule has 39 heavy (non-hydrogen) atoms. The van der Waals surface area contributed by atoms with Crippen LogP contribution >= 0.6 is 0 Å². The van der Waals surface area contributed by atoms with Gasteiger partial charge in [-0.3, -0.25) is 9.58 Å². The van der Waals surface area contributed by atoms with Crippen LogP contribution in [0.2, 0.25) is 0 Å². The fourth-order valence-corrected chi connectivity index (χ4v) is 5.20. The molecule has 1 saturated heterocycles. The molecule has 0 aliphatic carbocycles. The van der Waals surface area contributed by atoms with E-state index in [2.05, 4.69) is 42.9 Å². The van der Waals surface area contributed by atoms with Gasteiger partial charge in [-0.25, -0.2) is 23.9 Å². The van der Waals surface area contributed by atoms with Crippen molar-refractivity contribution in [3.05, 3.63) is 84.6 Å². The summed E-state index contributed by atoms with van der Waals surface area (Å²) in [5.74, 6) is 1.37. The summed E-state index contributed by atoms with van der Waals surface area (Å²) in [4.78, 5) is 20.7. The van der Waals surface area contributed by atoms with Crippen LogP contribution in [0.1, 0.15) is 18.1 Å². The van der Waals surface area contributed by atoms with Crippen LogP contribution in [0, 0.1) is 5.82 Å². The van der Waals surface area contributed by atoms with E-state index in [9.17, 15) is 4.39 Å². The second-order valence-electron chi connectivity index (χ2n) is 10.3. The van der Waals surface area contributed by atoms with Crippen molar-refractivity contribution in [2.75, 3.05) is 50.1 Å². The van der Waals surface area contributed by atoms with Gasteiger partial charge in [0.1, 0.15) is 17.7 Å². The monoisotopic (exact) mass is 526 g/mol. The van der Waals surface area contributed by atoms with Crippen LogP contribution in [-0.2, 0) is 12.6 Å². The molecule has 0 bridgehead atoms. The number of hydrogen-bond acceptors (Lipinski definition) is 8. The third-order valence-electron chi connectivity index (χ3n) is 7.79. The molecular formula is C28H31FN10. The number of rotatable bonds is 6. The standard InChI is InChI=1S/C28H31FN10/c1-28(35(2)3,22-5-7-24(29)8-6-22)23-15-30-27(31-16-23)38-11-9-37(10-12-38)26-25-13-20(18-39(25)34-19-32-26)21-14-33-36(4)17-21/h5-8,13-19H,9-12H2,1-4H3/t28-/m0/s1. The highest BCUT2D eigenvalue weighted by Crippen LogP contribution is 2.34. The summed E-state index contributed by atoms with van der Waals surface area (Å²) < 4.78 is 17.2. The molecule has 1 aliphatic rings. The van der Waals surface area contributed by atoms with Gasteiger partial charge in [-0.2, -0.15) is 10.2 Å². The second kappa shape index (κ2) is 9.73. The first-order valence-corrected chi connectivity index (χ1v) is 12.9. The number of piperazine rings is 1. The van der Waals surface area contributed by atoms with Crippen molar-refractivity contribution in [1.29, 1.82) is 0 Å². The molecule has 5 aromatic rings. The van der Waals surface area contributed by atoms with Gasteiger partial charge in [0.2, 0.25) is 5.95 Å². The van der Waals surface area contributed by atoms with Crippen LogP contribution in [0.5, 0.6) is 0 Å². The molecule has 0 radical (unpaired) electrons. The van der Waals surface area contributed by atoms with Crippen LogP contribution in [0.15, 0.2) is 67.6 Å². The van der Waals surface area contributed by atoms with Crippen molar-refractivity contribution < 1.29 is 4.39 Å². The molecule has 4 aromatic heterocycles. The van der Waals surface area contributed by atoms with E-state index in [0.717, 1.165) is 59.8 Å². The highest BCUT2D eigenvalue weighted by molar-refractivity contribution is 5.77. The Bertz CT molecular complexity index is 1580. The van der Waals surface area contributed by atoms with Crippen LogP contribution < -0.4 is 9.80 Å². The summed E-state index contributed by atoms with van der Waals surface area (Å²) in [6, 6.07) is 8.73. The minimum atomic E-state index is -0.491. The molecule has 0 saturated carbocycles. The lowest BCUT2D eigenvalue weighted by molar-refractivity contribution is 0.221. The molecule has 1 atom stereocenters. The fourth-order valence-electron chi connectivity index (χ4n) is 5.20. The lowest BCUT2D eigenvalue weighted by Crippen LogP contribution is -2.47. The summed E-state index contributed by atoms with van der Waals surface area (Å²) in [6.45, 7) is 5.22. The van der Waals surface area contributed by atoms with E-state index in [0.29, 0.717) is 5.95 Å². The van der Waals surface area contributed by atoms with Crippen molar-refractivity contribution >= 4 is 17.3 Å². The Hall–Kier alpha value is -4.38. The van der Waals surface area contributed by atoms with E-state index < -0.39 is 5.54 Å². The molecule has 5 heterocycles. The van der Waals surface area contributed by atoms with E-state index in [4.69, 9.17) is 9.97 Å². The Labute approximate surface area is 226 Å². The Kier molecular flexibility index (Phi) is 6.22. The van der Waals surface area contributed by atoms with Crippen LogP contribution in [-0.4, -0.2) is 79.5 Å². The van der Waals surface area contributed by atoms with E-state index in [1.54, 1.807) is 11.0 Å². The van der Waals surface area contributed by atoms with Crippen LogP contribution in [0.25, 0.3) is 16.6 Å². The van der Waals surface area contributed by atoms with Crippen molar-refractivity contribution in [3.8, 4) is 11.1 Å². The van der Waals surface area contributed by atoms with Gasteiger partial charge in [-0.05, 0) is 44.8 Å². The Balaban J connectivity index is 1.18. The predicted molar refractivity (Wildman–Crippen MR) is 148 cm³/mol. The number of hydrogen-bond donors (Lipinski definition) is 0. The molecule has 200 valence electrons.